The third kappa shape index (κ3) is 15.8. The summed E-state index contributed by atoms with van der Waals surface area (Å²) in [7, 11) is 0. The molecule has 0 saturated carbocycles. The molecule has 0 aliphatic rings. The molecule has 0 aliphatic heterocycles. The minimum atomic E-state index is 0.115. The van der Waals surface area contributed by atoms with Crippen LogP contribution >= 0.6 is 11.8 Å². The second kappa shape index (κ2) is 15.1. The van der Waals surface area contributed by atoms with Gasteiger partial charge in [-0.1, -0.05) is 27.2 Å². The summed E-state index contributed by atoms with van der Waals surface area (Å²) in [6.07, 6.45) is 2.85. The van der Waals surface area contributed by atoms with E-state index < -0.39 is 0 Å². The van der Waals surface area contributed by atoms with E-state index in [0.29, 0.717) is 38.7 Å². The highest BCUT2D eigenvalue weighted by Gasteiger charge is 2.01. The van der Waals surface area contributed by atoms with Crippen molar-refractivity contribution in [1.82, 2.24) is 5.32 Å². The largest absolute Gasteiger partial charge is 0.379 e. The molecule has 0 aromatic carbocycles. The molecule has 0 heterocycles. The van der Waals surface area contributed by atoms with Crippen molar-refractivity contribution in [2.45, 2.75) is 40.0 Å². The second-order valence-corrected chi connectivity index (χ2v) is 6.30. The van der Waals surface area contributed by atoms with Gasteiger partial charge in [-0.15, -0.1) is 0 Å². The van der Waals surface area contributed by atoms with Gasteiger partial charge in [0.2, 0.25) is 5.91 Å². The molecule has 4 nitrogen and oxygen atoms in total. The fourth-order valence-corrected chi connectivity index (χ4v) is 2.37. The summed E-state index contributed by atoms with van der Waals surface area (Å²) in [6, 6.07) is 0. The molecule has 0 atom stereocenters. The lowest BCUT2D eigenvalue weighted by molar-refractivity contribution is -0.120. The number of hydrogen-bond donors (Lipinski definition) is 1. The van der Waals surface area contributed by atoms with Gasteiger partial charge >= 0.3 is 0 Å². The summed E-state index contributed by atoms with van der Waals surface area (Å²) in [5.41, 5.74) is 0. The highest BCUT2D eigenvalue weighted by Crippen LogP contribution is 2.08. The summed E-state index contributed by atoms with van der Waals surface area (Å²) < 4.78 is 10.7. The number of unbranched alkanes of at least 4 members (excludes halogenated alkanes) is 1. The van der Waals surface area contributed by atoms with E-state index in [1.807, 2.05) is 11.8 Å². The molecule has 0 aromatic heterocycles. The summed E-state index contributed by atoms with van der Waals surface area (Å²) in [4.78, 5) is 11.5. The topological polar surface area (TPSA) is 47.6 Å². The van der Waals surface area contributed by atoms with Crippen molar-refractivity contribution in [3.05, 3.63) is 0 Å². The molecule has 0 saturated heterocycles. The first-order valence-electron chi connectivity index (χ1n) is 7.66. The van der Waals surface area contributed by atoms with Crippen molar-refractivity contribution < 1.29 is 14.3 Å². The van der Waals surface area contributed by atoms with Gasteiger partial charge in [-0.25, -0.2) is 0 Å². The Hall–Kier alpha value is -0.260. The van der Waals surface area contributed by atoms with Crippen LogP contribution in [0.2, 0.25) is 0 Å². The number of thioether (sulfide) groups is 1. The molecule has 0 radical (unpaired) electrons. The molecular formula is C15H31NO3S. The van der Waals surface area contributed by atoms with Crippen LogP contribution in [0.3, 0.4) is 0 Å². The van der Waals surface area contributed by atoms with Gasteiger partial charge in [0.1, 0.15) is 0 Å². The van der Waals surface area contributed by atoms with Crippen LogP contribution in [0, 0.1) is 5.92 Å². The Bertz CT molecular complexity index is 225. The molecule has 20 heavy (non-hydrogen) atoms. The van der Waals surface area contributed by atoms with Crippen LogP contribution in [-0.2, 0) is 14.3 Å². The Morgan fingerprint density at radius 3 is 2.50 bits per heavy atom. The summed E-state index contributed by atoms with van der Waals surface area (Å²) in [6.45, 7) is 9.72. The first-order chi connectivity index (χ1) is 9.66. The van der Waals surface area contributed by atoms with Crippen LogP contribution in [0.15, 0.2) is 0 Å². The quantitative estimate of drug-likeness (QED) is 0.501. The third-order valence-electron chi connectivity index (χ3n) is 2.51. The maximum atomic E-state index is 11.5. The van der Waals surface area contributed by atoms with Gasteiger partial charge in [-0.3, -0.25) is 4.79 Å². The Morgan fingerprint density at radius 1 is 1.15 bits per heavy atom. The number of rotatable bonds is 14. The first kappa shape index (κ1) is 19.7. The number of hydrogen-bond acceptors (Lipinski definition) is 4. The van der Waals surface area contributed by atoms with Gasteiger partial charge in [-0.05, 0) is 18.1 Å². The highest BCUT2D eigenvalue weighted by atomic mass is 32.2. The van der Waals surface area contributed by atoms with Gasteiger partial charge in [-0.2, -0.15) is 11.8 Å². The lowest BCUT2D eigenvalue weighted by atomic mass is 10.3. The zero-order valence-corrected chi connectivity index (χ0v) is 14.1. The minimum absolute atomic E-state index is 0.115. The smallest absolute Gasteiger partial charge is 0.220 e. The fourth-order valence-electron chi connectivity index (χ4n) is 1.40. The maximum absolute atomic E-state index is 11.5. The molecule has 0 rings (SSSR count). The van der Waals surface area contributed by atoms with Gasteiger partial charge in [0, 0.05) is 25.3 Å². The van der Waals surface area contributed by atoms with E-state index in [1.165, 1.54) is 0 Å². The lowest BCUT2D eigenvalue weighted by Crippen LogP contribution is -2.27. The molecule has 1 amide bonds. The fraction of sp³-hybridized carbons (Fsp3) is 0.933. The normalized spacial score (nSPS) is 11.0. The summed E-state index contributed by atoms with van der Waals surface area (Å²) in [5, 5.41) is 2.86. The van der Waals surface area contributed by atoms with E-state index in [1.54, 1.807) is 0 Å². The predicted octanol–water partition coefficient (Wildman–Crippen LogP) is 2.72. The third-order valence-corrected chi connectivity index (χ3v) is 3.90. The zero-order valence-electron chi connectivity index (χ0n) is 13.3. The van der Waals surface area contributed by atoms with E-state index >= 15 is 0 Å². The Balaban J connectivity index is 3.15. The number of carbonyl (C=O) groups excluding carboxylic acids is 1. The molecule has 0 fully saturated rings. The molecule has 120 valence electrons. The van der Waals surface area contributed by atoms with E-state index in [9.17, 15) is 4.79 Å². The molecule has 0 aromatic rings. The molecule has 0 spiro atoms. The van der Waals surface area contributed by atoms with E-state index in [2.05, 4.69) is 26.1 Å². The van der Waals surface area contributed by atoms with Crippen LogP contribution in [0.25, 0.3) is 0 Å². The maximum Gasteiger partial charge on any atom is 0.220 e. The van der Waals surface area contributed by atoms with Crippen LogP contribution < -0.4 is 5.32 Å². The SMILES string of the molecule is CCCCOCCOCCNC(=O)CCSCC(C)C. The standard InChI is InChI=1S/C15H31NO3S/c1-4-5-8-18-10-11-19-9-7-16-15(17)6-12-20-13-14(2)3/h14H,4-13H2,1-3H3,(H,16,17). The van der Waals surface area contributed by atoms with Crippen molar-refractivity contribution in [3.8, 4) is 0 Å². The average Bonchev–Trinajstić information content (AvgIpc) is 2.41. The van der Waals surface area contributed by atoms with Gasteiger partial charge in [0.15, 0.2) is 0 Å². The first-order valence-corrected chi connectivity index (χ1v) is 8.82. The monoisotopic (exact) mass is 305 g/mol. The molecule has 1 N–H and O–H groups in total. The van der Waals surface area contributed by atoms with Crippen molar-refractivity contribution in [2.24, 2.45) is 5.92 Å². The number of nitrogens with one attached hydrogen (secondary N) is 1. The average molecular weight is 305 g/mol. The Morgan fingerprint density at radius 2 is 1.85 bits per heavy atom. The van der Waals surface area contributed by atoms with Gasteiger partial charge in [0.25, 0.3) is 0 Å². The van der Waals surface area contributed by atoms with Crippen molar-refractivity contribution in [2.75, 3.05) is 44.5 Å². The molecule has 0 unspecified atom stereocenters. The summed E-state index contributed by atoms with van der Waals surface area (Å²) >= 11 is 1.84. The van der Waals surface area contributed by atoms with Crippen LogP contribution in [0.5, 0.6) is 0 Å². The van der Waals surface area contributed by atoms with Crippen LogP contribution in [0.4, 0.5) is 0 Å². The van der Waals surface area contributed by atoms with E-state index in [-0.39, 0.29) is 5.91 Å². The molecule has 5 heteroatoms. The number of amides is 1. The van der Waals surface area contributed by atoms with Crippen LogP contribution in [-0.4, -0.2) is 50.4 Å². The number of ether oxygens (including phenoxy) is 2. The van der Waals surface area contributed by atoms with E-state index in [0.717, 1.165) is 31.0 Å². The predicted molar refractivity (Wildman–Crippen MR) is 86.3 cm³/mol. The Kier molecular flexibility index (Phi) is 14.9. The summed E-state index contributed by atoms with van der Waals surface area (Å²) in [5.74, 6) is 2.82. The van der Waals surface area contributed by atoms with Crippen molar-refractivity contribution in [3.63, 3.8) is 0 Å². The molecule has 0 aliphatic carbocycles. The minimum Gasteiger partial charge on any atom is -0.379 e. The molecular weight excluding hydrogens is 274 g/mol. The van der Waals surface area contributed by atoms with Crippen molar-refractivity contribution in [1.29, 1.82) is 0 Å². The van der Waals surface area contributed by atoms with Crippen molar-refractivity contribution >= 4 is 17.7 Å². The Labute approximate surface area is 128 Å². The lowest BCUT2D eigenvalue weighted by Gasteiger charge is -2.07. The molecule has 0 bridgehead atoms. The number of carbonyl (C=O) groups is 1. The van der Waals surface area contributed by atoms with E-state index in [4.69, 9.17) is 9.47 Å². The zero-order chi connectivity index (χ0) is 15.1. The highest BCUT2D eigenvalue weighted by molar-refractivity contribution is 7.99. The van der Waals surface area contributed by atoms with Gasteiger partial charge < -0.3 is 14.8 Å². The second-order valence-electron chi connectivity index (χ2n) is 5.15. The van der Waals surface area contributed by atoms with Gasteiger partial charge in [0.05, 0.1) is 19.8 Å². The van der Waals surface area contributed by atoms with Crippen LogP contribution in [0.1, 0.15) is 40.0 Å².